The van der Waals surface area contributed by atoms with E-state index in [2.05, 4.69) is 21.6 Å². The lowest BCUT2D eigenvalue weighted by Gasteiger charge is -2.21. The van der Waals surface area contributed by atoms with E-state index in [9.17, 15) is 9.18 Å². The van der Waals surface area contributed by atoms with Gasteiger partial charge in [-0.2, -0.15) is 5.26 Å². The molecule has 0 radical (unpaired) electrons. The Hall–Kier alpha value is -3.16. The Labute approximate surface area is 187 Å². The van der Waals surface area contributed by atoms with Crippen LogP contribution in [0.4, 0.5) is 20.9 Å². The first-order valence-corrected chi connectivity index (χ1v) is 11.3. The summed E-state index contributed by atoms with van der Waals surface area (Å²) in [5.41, 5.74) is 1.27. The Morgan fingerprint density at radius 2 is 2.10 bits per heavy atom. The van der Waals surface area contributed by atoms with Crippen LogP contribution in [-0.4, -0.2) is 35.0 Å². The zero-order chi connectivity index (χ0) is 22.1. The van der Waals surface area contributed by atoms with Crippen LogP contribution in [0.3, 0.4) is 0 Å². The Morgan fingerprint density at radius 1 is 1.29 bits per heavy atom. The first-order valence-electron chi connectivity index (χ1n) is 9.48. The summed E-state index contributed by atoms with van der Waals surface area (Å²) in [5.74, 6) is 0.383. The first-order chi connectivity index (χ1) is 15.1. The van der Waals surface area contributed by atoms with Gasteiger partial charge in [-0.15, -0.1) is 10.2 Å². The topological polar surface area (TPSA) is 91.1 Å². The molecule has 1 heterocycles. The number of hydrogen-bond donors (Lipinski definition) is 1. The second kappa shape index (κ2) is 11.3. The van der Waals surface area contributed by atoms with Gasteiger partial charge in [-0.1, -0.05) is 29.2 Å². The third-order valence-corrected chi connectivity index (χ3v) is 5.97. The summed E-state index contributed by atoms with van der Waals surface area (Å²) in [7, 11) is 0. The van der Waals surface area contributed by atoms with E-state index in [1.54, 1.807) is 41.3 Å². The van der Waals surface area contributed by atoms with Crippen molar-refractivity contribution in [3.8, 4) is 11.8 Å². The Kier molecular flexibility index (Phi) is 8.20. The molecule has 0 saturated heterocycles. The molecule has 3 aromatic rings. The summed E-state index contributed by atoms with van der Waals surface area (Å²) in [6.07, 6.45) is 0.226. The minimum Gasteiger partial charge on any atom is -0.494 e. The predicted molar refractivity (Wildman–Crippen MR) is 121 cm³/mol. The average molecular weight is 458 g/mol. The predicted octanol–water partition coefficient (Wildman–Crippen LogP) is 4.86. The van der Waals surface area contributed by atoms with Crippen LogP contribution in [0.15, 0.2) is 52.9 Å². The normalized spacial score (nSPS) is 10.4. The quantitative estimate of drug-likeness (QED) is 0.435. The van der Waals surface area contributed by atoms with E-state index in [0.29, 0.717) is 34.0 Å². The maximum atomic E-state index is 13.3. The highest BCUT2D eigenvalue weighted by Crippen LogP contribution is 2.29. The van der Waals surface area contributed by atoms with Crippen LogP contribution in [-0.2, 0) is 4.79 Å². The number of thioether (sulfide) groups is 1. The number of benzene rings is 2. The molecule has 0 spiro atoms. The lowest BCUT2D eigenvalue weighted by Crippen LogP contribution is -2.33. The highest BCUT2D eigenvalue weighted by atomic mass is 32.2. The van der Waals surface area contributed by atoms with Crippen LogP contribution < -0.4 is 15.0 Å². The van der Waals surface area contributed by atoms with Crippen molar-refractivity contribution in [3.05, 3.63) is 54.3 Å². The van der Waals surface area contributed by atoms with Crippen molar-refractivity contribution in [3.63, 3.8) is 0 Å². The van der Waals surface area contributed by atoms with Gasteiger partial charge in [0, 0.05) is 17.9 Å². The average Bonchev–Trinajstić information content (AvgIpc) is 3.21. The summed E-state index contributed by atoms with van der Waals surface area (Å²) in [6.45, 7) is 2.76. The highest BCUT2D eigenvalue weighted by molar-refractivity contribution is 8.01. The van der Waals surface area contributed by atoms with Crippen LogP contribution in [0.1, 0.15) is 13.3 Å². The lowest BCUT2D eigenvalue weighted by molar-refractivity contribution is -0.116. The number of nitrogens with one attached hydrogen (secondary N) is 1. The summed E-state index contributed by atoms with van der Waals surface area (Å²) in [5, 5.41) is 20.5. The first kappa shape index (κ1) is 22.5. The smallest absolute Gasteiger partial charge is 0.237 e. The molecule has 1 amide bonds. The molecule has 1 aromatic heterocycles. The van der Waals surface area contributed by atoms with E-state index in [1.807, 2.05) is 6.92 Å². The molecule has 0 saturated carbocycles. The molecule has 160 valence electrons. The maximum absolute atomic E-state index is 13.3. The number of aromatic nitrogens is 2. The molecule has 0 fully saturated rings. The number of halogens is 1. The molecular weight excluding hydrogens is 437 g/mol. The van der Waals surface area contributed by atoms with Crippen molar-refractivity contribution >= 4 is 45.5 Å². The number of anilines is 3. The zero-order valence-corrected chi connectivity index (χ0v) is 18.4. The second-order valence-corrected chi connectivity index (χ2v) is 8.38. The number of rotatable bonds is 10. The van der Waals surface area contributed by atoms with Crippen molar-refractivity contribution < 1.29 is 13.9 Å². The monoisotopic (exact) mass is 457 g/mol. The minimum absolute atomic E-state index is 0.140. The van der Waals surface area contributed by atoms with Crippen molar-refractivity contribution in [2.75, 3.05) is 29.1 Å². The van der Waals surface area contributed by atoms with Gasteiger partial charge in [0.05, 0.1) is 24.8 Å². The van der Waals surface area contributed by atoms with Gasteiger partial charge in [-0.05, 0) is 49.4 Å². The number of ether oxygens (including phenoxy) is 1. The molecule has 0 unspecified atom stereocenters. The van der Waals surface area contributed by atoms with Crippen molar-refractivity contribution in [1.29, 1.82) is 5.26 Å². The summed E-state index contributed by atoms with van der Waals surface area (Å²) in [6, 6.07) is 15.3. The van der Waals surface area contributed by atoms with Crippen LogP contribution in [0, 0.1) is 17.1 Å². The van der Waals surface area contributed by atoms with Gasteiger partial charge in [0.1, 0.15) is 11.6 Å². The largest absolute Gasteiger partial charge is 0.494 e. The number of nitrogens with zero attached hydrogens (tertiary/aromatic N) is 4. The number of carbonyl (C=O) groups excluding carboxylic acids is 1. The van der Waals surface area contributed by atoms with Gasteiger partial charge in [0.25, 0.3) is 0 Å². The number of hydrogen-bond acceptors (Lipinski definition) is 8. The number of nitriles is 1. The molecule has 0 atom stereocenters. The fourth-order valence-corrected chi connectivity index (χ4v) is 4.31. The van der Waals surface area contributed by atoms with Gasteiger partial charge in [-0.3, -0.25) is 4.79 Å². The minimum atomic E-state index is -0.346. The van der Waals surface area contributed by atoms with Gasteiger partial charge < -0.3 is 15.0 Å². The Morgan fingerprint density at radius 3 is 2.81 bits per heavy atom. The van der Waals surface area contributed by atoms with E-state index >= 15 is 0 Å². The molecule has 1 N–H and O–H groups in total. The van der Waals surface area contributed by atoms with Gasteiger partial charge in [0.15, 0.2) is 4.34 Å². The molecule has 0 aliphatic heterocycles. The van der Waals surface area contributed by atoms with E-state index in [-0.39, 0.29) is 23.9 Å². The van der Waals surface area contributed by atoms with Crippen molar-refractivity contribution in [2.45, 2.75) is 17.7 Å². The Bertz CT molecular complexity index is 1050. The number of carbonyl (C=O) groups is 1. The maximum Gasteiger partial charge on any atom is 0.237 e. The van der Waals surface area contributed by atoms with Crippen LogP contribution in [0.2, 0.25) is 0 Å². The lowest BCUT2D eigenvalue weighted by atomic mass is 10.2. The van der Waals surface area contributed by atoms with Gasteiger partial charge >= 0.3 is 0 Å². The van der Waals surface area contributed by atoms with E-state index < -0.39 is 0 Å². The summed E-state index contributed by atoms with van der Waals surface area (Å²) >= 11 is 2.54. The second-order valence-electron chi connectivity index (χ2n) is 6.18. The third kappa shape index (κ3) is 6.67. The molecule has 0 aliphatic rings. The van der Waals surface area contributed by atoms with Crippen molar-refractivity contribution in [1.82, 2.24) is 10.2 Å². The fraction of sp³-hybridized carbons (Fsp3) is 0.238. The fourth-order valence-electron chi connectivity index (χ4n) is 2.66. The molecule has 7 nitrogen and oxygen atoms in total. The molecule has 0 aliphatic carbocycles. The van der Waals surface area contributed by atoms with Crippen LogP contribution >= 0.6 is 23.1 Å². The molecule has 0 bridgehead atoms. The third-order valence-electron chi connectivity index (χ3n) is 4.01. The molecule has 10 heteroatoms. The molecule has 31 heavy (non-hydrogen) atoms. The van der Waals surface area contributed by atoms with Gasteiger partial charge in [0.2, 0.25) is 11.0 Å². The highest BCUT2D eigenvalue weighted by Gasteiger charge is 2.17. The Balaban J connectivity index is 1.61. The van der Waals surface area contributed by atoms with Crippen LogP contribution in [0.25, 0.3) is 0 Å². The van der Waals surface area contributed by atoms with E-state index in [0.717, 1.165) is 5.75 Å². The molecular formula is C21H20FN5O2S2. The molecule has 2 aromatic carbocycles. The SMILES string of the molecule is CCOc1ccc(N(CCC#N)C(=O)CSc2nnc(Nc3cccc(F)c3)s2)cc1. The van der Waals surface area contributed by atoms with E-state index in [4.69, 9.17) is 10.00 Å². The van der Waals surface area contributed by atoms with E-state index in [1.165, 1.54) is 35.2 Å². The van der Waals surface area contributed by atoms with Crippen LogP contribution in [0.5, 0.6) is 5.75 Å². The van der Waals surface area contributed by atoms with Crippen molar-refractivity contribution in [2.24, 2.45) is 0 Å². The summed E-state index contributed by atoms with van der Waals surface area (Å²) in [4.78, 5) is 14.4. The number of amides is 1. The summed E-state index contributed by atoms with van der Waals surface area (Å²) < 4.78 is 19.4. The zero-order valence-electron chi connectivity index (χ0n) is 16.7. The van der Waals surface area contributed by atoms with Gasteiger partial charge in [-0.25, -0.2) is 4.39 Å². The molecule has 3 rings (SSSR count). The standard InChI is InChI=1S/C21H20FN5O2S2/c1-2-29-18-9-7-17(8-10-18)27(12-4-11-23)19(28)14-30-21-26-25-20(31-21)24-16-6-3-5-15(22)13-16/h3,5-10,13H,2,4,12,14H2,1H3,(H,24,25).